The molecule has 18 heavy (non-hydrogen) atoms. The van der Waals surface area contributed by atoms with Crippen LogP contribution >= 0.6 is 11.6 Å². The van der Waals surface area contributed by atoms with Gasteiger partial charge in [-0.05, 0) is 43.2 Å². The van der Waals surface area contributed by atoms with Crippen LogP contribution in [-0.2, 0) is 6.42 Å². The molecule has 2 aromatic heterocycles. The minimum atomic E-state index is 0.541. The smallest absolute Gasteiger partial charge is 0.129 e. The first-order valence-corrected chi connectivity index (χ1v) is 6.28. The summed E-state index contributed by atoms with van der Waals surface area (Å²) >= 11 is 5.86. The summed E-state index contributed by atoms with van der Waals surface area (Å²) in [5.74, 6) is 0. The van der Waals surface area contributed by atoms with Gasteiger partial charge in [-0.2, -0.15) is 0 Å². The molecule has 0 radical (unpaired) electrons. The summed E-state index contributed by atoms with van der Waals surface area (Å²) < 4.78 is 0. The monoisotopic (exact) mass is 261 g/mol. The molecule has 0 spiro atoms. The van der Waals surface area contributed by atoms with Crippen molar-refractivity contribution in [2.45, 2.75) is 13.3 Å². The van der Waals surface area contributed by atoms with Gasteiger partial charge in [-0.3, -0.25) is 4.98 Å². The van der Waals surface area contributed by atoms with Crippen molar-refractivity contribution < 1.29 is 0 Å². The van der Waals surface area contributed by atoms with E-state index in [1.807, 2.05) is 43.6 Å². The van der Waals surface area contributed by atoms with Gasteiger partial charge in [0.15, 0.2) is 0 Å². The molecule has 0 saturated heterocycles. The standard InChI is InChI=1S/C14H16ClN3/c1-11-13(3-4-14(15)17-11)18(2)10-7-12-5-8-16-9-6-12/h3-6,8-9H,7,10H2,1-2H3. The van der Waals surface area contributed by atoms with E-state index in [1.165, 1.54) is 5.56 Å². The number of halogens is 1. The first kappa shape index (κ1) is 12.8. The normalized spacial score (nSPS) is 10.4. The second kappa shape index (κ2) is 5.83. The van der Waals surface area contributed by atoms with Crippen molar-refractivity contribution in [2.75, 3.05) is 18.5 Å². The molecule has 0 aliphatic rings. The Balaban J connectivity index is 2.01. The Hall–Kier alpha value is -1.61. The molecule has 0 amide bonds. The van der Waals surface area contributed by atoms with Crippen LogP contribution in [-0.4, -0.2) is 23.6 Å². The van der Waals surface area contributed by atoms with Crippen LogP contribution in [0.2, 0.25) is 5.15 Å². The van der Waals surface area contributed by atoms with E-state index >= 15 is 0 Å². The Morgan fingerprint density at radius 2 is 1.89 bits per heavy atom. The summed E-state index contributed by atoms with van der Waals surface area (Å²) in [7, 11) is 2.07. The molecule has 0 atom stereocenters. The number of likely N-dealkylation sites (N-methyl/N-ethyl adjacent to an activating group) is 1. The summed E-state index contributed by atoms with van der Waals surface area (Å²) in [4.78, 5) is 10.5. The van der Waals surface area contributed by atoms with E-state index in [4.69, 9.17) is 11.6 Å². The van der Waals surface area contributed by atoms with Crippen molar-refractivity contribution >= 4 is 17.3 Å². The first-order valence-electron chi connectivity index (χ1n) is 5.90. The fourth-order valence-electron chi connectivity index (χ4n) is 1.89. The average molecular weight is 262 g/mol. The Kier molecular flexibility index (Phi) is 4.15. The van der Waals surface area contributed by atoms with E-state index in [-0.39, 0.29) is 0 Å². The molecular formula is C14H16ClN3. The van der Waals surface area contributed by atoms with Crippen LogP contribution in [0.25, 0.3) is 0 Å². The summed E-state index contributed by atoms with van der Waals surface area (Å²) in [6.07, 6.45) is 4.63. The Bertz CT molecular complexity index is 514. The topological polar surface area (TPSA) is 29.0 Å². The second-order valence-electron chi connectivity index (χ2n) is 4.27. The third kappa shape index (κ3) is 3.20. The molecule has 0 N–H and O–H groups in total. The van der Waals surface area contributed by atoms with E-state index in [0.29, 0.717) is 5.15 Å². The lowest BCUT2D eigenvalue weighted by Crippen LogP contribution is -2.21. The van der Waals surface area contributed by atoms with Crippen LogP contribution in [0.5, 0.6) is 0 Å². The molecule has 2 heterocycles. The van der Waals surface area contributed by atoms with Crippen molar-refractivity contribution in [3.05, 3.63) is 53.1 Å². The summed E-state index contributed by atoms with van der Waals surface area (Å²) in [6, 6.07) is 7.92. The number of aryl methyl sites for hydroxylation is 1. The molecule has 0 bridgehead atoms. The lowest BCUT2D eigenvalue weighted by atomic mass is 10.2. The predicted octanol–water partition coefficient (Wildman–Crippen LogP) is 3.12. The van der Waals surface area contributed by atoms with Gasteiger partial charge in [0.05, 0.1) is 11.4 Å². The van der Waals surface area contributed by atoms with Crippen LogP contribution in [0.3, 0.4) is 0 Å². The van der Waals surface area contributed by atoms with Gasteiger partial charge in [-0.1, -0.05) is 11.6 Å². The largest absolute Gasteiger partial charge is 0.373 e. The van der Waals surface area contributed by atoms with Crippen molar-refractivity contribution in [3.8, 4) is 0 Å². The average Bonchev–Trinajstić information content (AvgIpc) is 2.37. The van der Waals surface area contributed by atoms with Gasteiger partial charge >= 0.3 is 0 Å². The number of pyridine rings is 2. The quantitative estimate of drug-likeness (QED) is 0.792. The SMILES string of the molecule is Cc1nc(Cl)ccc1N(C)CCc1ccncc1. The number of rotatable bonds is 4. The molecule has 0 aromatic carbocycles. The molecule has 0 aliphatic carbocycles. The minimum absolute atomic E-state index is 0.541. The lowest BCUT2D eigenvalue weighted by Gasteiger charge is -2.20. The molecule has 4 heteroatoms. The molecule has 94 valence electrons. The molecule has 0 aliphatic heterocycles. The molecule has 2 rings (SSSR count). The highest BCUT2D eigenvalue weighted by molar-refractivity contribution is 6.29. The van der Waals surface area contributed by atoms with Crippen LogP contribution < -0.4 is 4.90 Å². The number of hydrogen-bond donors (Lipinski definition) is 0. The number of hydrogen-bond acceptors (Lipinski definition) is 3. The zero-order valence-corrected chi connectivity index (χ0v) is 11.4. The van der Waals surface area contributed by atoms with Crippen LogP contribution in [0.1, 0.15) is 11.3 Å². The van der Waals surface area contributed by atoms with Gasteiger partial charge < -0.3 is 4.90 Å². The summed E-state index contributed by atoms with van der Waals surface area (Å²) in [5, 5.41) is 0.541. The minimum Gasteiger partial charge on any atom is -0.373 e. The van der Waals surface area contributed by atoms with Crippen molar-refractivity contribution in [3.63, 3.8) is 0 Å². The maximum atomic E-state index is 5.86. The third-order valence-corrected chi connectivity index (χ3v) is 3.13. The lowest BCUT2D eigenvalue weighted by molar-refractivity contribution is 0.866. The Morgan fingerprint density at radius 1 is 1.17 bits per heavy atom. The number of anilines is 1. The first-order chi connectivity index (χ1) is 8.66. The zero-order valence-electron chi connectivity index (χ0n) is 10.6. The molecule has 0 fully saturated rings. The summed E-state index contributed by atoms with van der Waals surface area (Å²) in [5.41, 5.74) is 3.37. The summed E-state index contributed by atoms with van der Waals surface area (Å²) in [6.45, 7) is 2.91. The Labute approximate surface area is 112 Å². The number of nitrogens with zero attached hydrogens (tertiary/aromatic N) is 3. The molecule has 0 saturated carbocycles. The van der Waals surface area contributed by atoms with Crippen molar-refractivity contribution in [1.82, 2.24) is 9.97 Å². The maximum Gasteiger partial charge on any atom is 0.129 e. The van der Waals surface area contributed by atoms with Crippen LogP contribution in [0, 0.1) is 6.92 Å². The van der Waals surface area contributed by atoms with Crippen LogP contribution in [0.15, 0.2) is 36.7 Å². The fraction of sp³-hybridized carbons (Fsp3) is 0.286. The van der Waals surface area contributed by atoms with Gasteiger partial charge in [-0.15, -0.1) is 0 Å². The second-order valence-corrected chi connectivity index (χ2v) is 4.65. The van der Waals surface area contributed by atoms with Gasteiger partial charge in [0.1, 0.15) is 5.15 Å². The molecular weight excluding hydrogens is 246 g/mol. The van der Waals surface area contributed by atoms with E-state index in [1.54, 1.807) is 0 Å². The maximum absolute atomic E-state index is 5.86. The molecule has 2 aromatic rings. The highest BCUT2D eigenvalue weighted by Gasteiger charge is 2.06. The van der Waals surface area contributed by atoms with Crippen LogP contribution in [0.4, 0.5) is 5.69 Å². The van der Waals surface area contributed by atoms with Gasteiger partial charge in [0, 0.05) is 26.0 Å². The van der Waals surface area contributed by atoms with Crippen molar-refractivity contribution in [2.24, 2.45) is 0 Å². The highest BCUT2D eigenvalue weighted by atomic mass is 35.5. The molecule has 3 nitrogen and oxygen atoms in total. The predicted molar refractivity (Wildman–Crippen MR) is 75.2 cm³/mol. The van der Waals surface area contributed by atoms with E-state index in [2.05, 4.69) is 21.9 Å². The van der Waals surface area contributed by atoms with E-state index in [0.717, 1.165) is 24.3 Å². The fourth-order valence-corrected chi connectivity index (χ4v) is 2.08. The highest BCUT2D eigenvalue weighted by Crippen LogP contribution is 2.19. The van der Waals surface area contributed by atoms with Gasteiger partial charge in [-0.25, -0.2) is 4.98 Å². The third-order valence-electron chi connectivity index (χ3n) is 2.92. The zero-order chi connectivity index (χ0) is 13.0. The van der Waals surface area contributed by atoms with E-state index in [9.17, 15) is 0 Å². The molecule has 0 unspecified atom stereocenters. The van der Waals surface area contributed by atoms with Crippen molar-refractivity contribution in [1.29, 1.82) is 0 Å². The van der Waals surface area contributed by atoms with Gasteiger partial charge in [0.25, 0.3) is 0 Å². The number of aromatic nitrogens is 2. The Morgan fingerprint density at radius 3 is 2.56 bits per heavy atom. The van der Waals surface area contributed by atoms with Gasteiger partial charge in [0.2, 0.25) is 0 Å². The van der Waals surface area contributed by atoms with E-state index < -0.39 is 0 Å².